The lowest BCUT2D eigenvalue weighted by Crippen LogP contribution is -3.13. The van der Waals surface area contributed by atoms with E-state index >= 15 is 0 Å². The third kappa shape index (κ3) is 3.86. The average molecular weight is 326 g/mol. The molecule has 0 spiro atoms. The molecule has 1 aliphatic rings. The summed E-state index contributed by atoms with van der Waals surface area (Å²) in [7, 11) is 1.69. The van der Waals surface area contributed by atoms with Crippen molar-refractivity contribution in [2.75, 3.05) is 38.2 Å². The molecule has 0 amide bonds. The molecule has 1 aliphatic heterocycles. The van der Waals surface area contributed by atoms with Gasteiger partial charge in [-0.25, -0.2) is 0 Å². The van der Waals surface area contributed by atoms with Gasteiger partial charge >= 0.3 is 0 Å². The molecule has 1 N–H and O–H groups in total. The second kappa shape index (κ2) is 7.36. The smallest absolute Gasteiger partial charge is 0.119 e. The Morgan fingerprint density at radius 2 is 1.88 bits per heavy atom. The number of carbonyl (C=O) groups is 1. The van der Waals surface area contributed by atoms with Crippen molar-refractivity contribution in [2.45, 2.75) is 6.54 Å². The Kier molecular flexibility index (Phi) is 5.01. The van der Waals surface area contributed by atoms with Crippen molar-refractivity contribution in [1.82, 2.24) is 0 Å². The summed E-state index contributed by atoms with van der Waals surface area (Å²) in [6, 6.07) is 15.2. The van der Waals surface area contributed by atoms with E-state index < -0.39 is 5.97 Å². The van der Waals surface area contributed by atoms with Gasteiger partial charge in [-0.15, -0.1) is 0 Å². The first-order valence-electron chi connectivity index (χ1n) is 8.18. The zero-order valence-corrected chi connectivity index (χ0v) is 13.8. The third-order valence-electron chi connectivity index (χ3n) is 4.53. The fourth-order valence-corrected chi connectivity index (χ4v) is 3.14. The maximum absolute atomic E-state index is 10.8. The SMILES string of the molecule is COc1cccc(C[NH+]2CCN(c3ccc(C(=O)[O-])cc3)CC2)c1. The van der Waals surface area contributed by atoms with Crippen LogP contribution in [0.4, 0.5) is 5.69 Å². The van der Waals surface area contributed by atoms with Crippen LogP contribution >= 0.6 is 0 Å². The number of methoxy groups -OCH3 is 1. The molecule has 0 unspecified atom stereocenters. The number of piperazine rings is 1. The lowest BCUT2D eigenvalue weighted by molar-refractivity contribution is -0.914. The number of carbonyl (C=O) groups excluding carboxylic acids is 1. The molecule has 24 heavy (non-hydrogen) atoms. The third-order valence-corrected chi connectivity index (χ3v) is 4.53. The fourth-order valence-electron chi connectivity index (χ4n) is 3.14. The van der Waals surface area contributed by atoms with Gasteiger partial charge in [0.25, 0.3) is 0 Å². The Balaban J connectivity index is 1.56. The van der Waals surface area contributed by atoms with E-state index in [2.05, 4.69) is 17.0 Å². The van der Waals surface area contributed by atoms with Crippen LogP contribution in [-0.4, -0.2) is 39.3 Å². The van der Waals surface area contributed by atoms with Crippen LogP contribution in [0.3, 0.4) is 0 Å². The average Bonchev–Trinajstić information content (AvgIpc) is 2.62. The predicted molar refractivity (Wildman–Crippen MR) is 90.4 cm³/mol. The predicted octanol–water partition coefficient (Wildman–Crippen LogP) is -0.0362. The van der Waals surface area contributed by atoms with Crippen molar-refractivity contribution >= 4 is 11.7 Å². The normalized spacial score (nSPS) is 15.3. The second-order valence-corrected chi connectivity index (χ2v) is 6.10. The minimum absolute atomic E-state index is 0.223. The van der Waals surface area contributed by atoms with E-state index in [4.69, 9.17) is 4.74 Å². The standard InChI is InChI=1S/C19H22N2O3/c1-24-18-4-2-3-15(13-18)14-20-9-11-21(12-10-20)17-7-5-16(6-8-17)19(22)23/h2-8,13H,9-12,14H2,1H3,(H,22,23). The van der Waals surface area contributed by atoms with Crippen LogP contribution in [0.5, 0.6) is 5.75 Å². The number of anilines is 1. The summed E-state index contributed by atoms with van der Waals surface area (Å²) in [6.45, 7) is 5.03. The zero-order chi connectivity index (χ0) is 16.9. The van der Waals surface area contributed by atoms with Crippen molar-refractivity contribution in [1.29, 1.82) is 0 Å². The minimum Gasteiger partial charge on any atom is -0.545 e. The van der Waals surface area contributed by atoms with Gasteiger partial charge in [-0.1, -0.05) is 24.3 Å². The highest BCUT2D eigenvalue weighted by molar-refractivity contribution is 5.86. The molecule has 0 atom stereocenters. The number of aromatic carboxylic acids is 1. The number of carboxylic acids is 1. The van der Waals surface area contributed by atoms with Gasteiger partial charge < -0.3 is 24.4 Å². The molecule has 5 nitrogen and oxygen atoms in total. The molecule has 2 aromatic rings. The molecule has 0 aromatic heterocycles. The minimum atomic E-state index is -1.13. The Morgan fingerprint density at radius 1 is 1.17 bits per heavy atom. The highest BCUT2D eigenvalue weighted by Crippen LogP contribution is 2.15. The number of rotatable bonds is 5. The van der Waals surface area contributed by atoms with E-state index in [1.807, 2.05) is 24.3 Å². The Labute approximate surface area is 142 Å². The number of hydrogen-bond acceptors (Lipinski definition) is 4. The first-order chi connectivity index (χ1) is 11.7. The van der Waals surface area contributed by atoms with Crippen molar-refractivity contribution < 1.29 is 19.5 Å². The summed E-state index contributed by atoms with van der Waals surface area (Å²) < 4.78 is 5.28. The van der Waals surface area contributed by atoms with Crippen molar-refractivity contribution in [2.24, 2.45) is 0 Å². The molecule has 3 rings (SSSR count). The van der Waals surface area contributed by atoms with Crippen molar-refractivity contribution in [3.63, 3.8) is 0 Å². The molecule has 126 valence electrons. The molecule has 1 saturated heterocycles. The summed E-state index contributed by atoms with van der Waals surface area (Å²) in [5, 5.41) is 10.8. The summed E-state index contributed by atoms with van der Waals surface area (Å²) in [5.74, 6) is -0.229. The Hall–Kier alpha value is -2.53. The van der Waals surface area contributed by atoms with E-state index in [9.17, 15) is 9.90 Å². The summed E-state index contributed by atoms with van der Waals surface area (Å²) in [4.78, 5) is 14.7. The van der Waals surface area contributed by atoms with Crippen LogP contribution < -0.4 is 19.6 Å². The fraction of sp³-hybridized carbons (Fsp3) is 0.316. The van der Waals surface area contributed by atoms with Gasteiger partial charge in [-0.3, -0.25) is 0 Å². The number of ether oxygens (including phenoxy) is 1. The molecule has 1 fully saturated rings. The number of nitrogens with one attached hydrogen (secondary N) is 1. The summed E-state index contributed by atoms with van der Waals surface area (Å²) in [5.41, 5.74) is 2.58. The lowest BCUT2D eigenvalue weighted by Gasteiger charge is -2.33. The molecule has 0 aliphatic carbocycles. The largest absolute Gasteiger partial charge is 0.545 e. The van der Waals surface area contributed by atoms with Crippen LogP contribution in [0.25, 0.3) is 0 Å². The van der Waals surface area contributed by atoms with E-state index in [0.29, 0.717) is 0 Å². The molecule has 0 radical (unpaired) electrons. The molecule has 1 heterocycles. The molecular weight excluding hydrogens is 304 g/mol. The van der Waals surface area contributed by atoms with Crippen LogP contribution in [-0.2, 0) is 6.54 Å². The van der Waals surface area contributed by atoms with Crippen LogP contribution in [0.2, 0.25) is 0 Å². The quantitative estimate of drug-likeness (QED) is 0.838. The Bertz CT molecular complexity index is 692. The summed E-state index contributed by atoms with van der Waals surface area (Å²) >= 11 is 0. The molecule has 5 heteroatoms. The highest BCUT2D eigenvalue weighted by atomic mass is 16.5. The first-order valence-corrected chi connectivity index (χ1v) is 8.18. The van der Waals surface area contributed by atoms with Gasteiger partial charge in [0, 0.05) is 11.3 Å². The van der Waals surface area contributed by atoms with E-state index in [1.54, 1.807) is 24.1 Å². The van der Waals surface area contributed by atoms with Crippen LogP contribution in [0.15, 0.2) is 48.5 Å². The Morgan fingerprint density at radius 3 is 2.50 bits per heavy atom. The first kappa shape index (κ1) is 16.3. The summed E-state index contributed by atoms with van der Waals surface area (Å²) in [6.07, 6.45) is 0. The van der Waals surface area contributed by atoms with Gasteiger partial charge in [0.05, 0.1) is 39.3 Å². The monoisotopic (exact) mass is 326 g/mol. The highest BCUT2D eigenvalue weighted by Gasteiger charge is 2.20. The van der Waals surface area contributed by atoms with Gasteiger partial charge in [-0.05, 0) is 29.8 Å². The van der Waals surface area contributed by atoms with Gasteiger partial charge in [0.15, 0.2) is 0 Å². The van der Waals surface area contributed by atoms with Crippen molar-refractivity contribution in [3.8, 4) is 5.75 Å². The van der Waals surface area contributed by atoms with E-state index in [1.165, 1.54) is 5.56 Å². The zero-order valence-electron chi connectivity index (χ0n) is 13.8. The molecular formula is C19H22N2O3. The maximum Gasteiger partial charge on any atom is 0.119 e. The number of nitrogens with zero attached hydrogens (tertiary/aromatic N) is 1. The topological polar surface area (TPSA) is 57.0 Å². The lowest BCUT2D eigenvalue weighted by atomic mass is 10.1. The van der Waals surface area contributed by atoms with E-state index in [-0.39, 0.29) is 5.56 Å². The number of carboxylic acid groups (broad SMARTS) is 1. The number of quaternary nitrogens is 1. The second-order valence-electron chi connectivity index (χ2n) is 6.10. The maximum atomic E-state index is 10.8. The van der Waals surface area contributed by atoms with Crippen molar-refractivity contribution in [3.05, 3.63) is 59.7 Å². The molecule has 0 saturated carbocycles. The van der Waals surface area contributed by atoms with E-state index in [0.717, 1.165) is 44.2 Å². The van der Waals surface area contributed by atoms with Crippen LogP contribution in [0, 0.1) is 0 Å². The van der Waals surface area contributed by atoms with Gasteiger partial charge in [0.1, 0.15) is 12.3 Å². The molecule has 2 aromatic carbocycles. The molecule has 0 bridgehead atoms. The number of hydrogen-bond donors (Lipinski definition) is 1. The van der Waals surface area contributed by atoms with Crippen LogP contribution in [0.1, 0.15) is 15.9 Å². The van der Waals surface area contributed by atoms with Gasteiger partial charge in [0.2, 0.25) is 0 Å². The number of benzene rings is 2. The van der Waals surface area contributed by atoms with Gasteiger partial charge in [-0.2, -0.15) is 0 Å².